The molecule has 1 heterocycles. The van der Waals surface area contributed by atoms with Crippen LogP contribution in [0.2, 0.25) is 5.02 Å². The van der Waals surface area contributed by atoms with Crippen molar-refractivity contribution in [1.29, 1.82) is 0 Å². The summed E-state index contributed by atoms with van der Waals surface area (Å²) in [6.07, 6.45) is 0.421. The van der Waals surface area contributed by atoms with Gasteiger partial charge in [0.05, 0.1) is 13.0 Å². The van der Waals surface area contributed by atoms with Crippen LogP contribution in [0.1, 0.15) is 5.56 Å². The Hall–Kier alpha value is -1.52. The molecule has 5 heteroatoms. The number of thiophene rings is 1. The van der Waals surface area contributed by atoms with Crippen LogP contribution in [0.3, 0.4) is 0 Å². The van der Waals surface area contributed by atoms with Gasteiger partial charge in [-0.15, -0.1) is 0 Å². The molecule has 0 aliphatic carbocycles. The van der Waals surface area contributed by atoms with E-state index in [4.69, 9.17) is 16.3 Å². The monoisotopic (exact) mass is 295 g/mol. The van der Waals surface area contributed by atoms with E-state index in [2.05, 4.69) is 5.32 Å². The lowest BCUT2D eigenvalue weighted by molar-refractivity contribution is -0.120. The van der Waals surface area contributed by atoms with Crippen molar-refractivity contribution in [2.45, 2.75) is 6.42 Å². The van der Waals surface area contributed by atoms with Gasteiger partial charge in [0.1, 0.15) is 12.4 Å². The summed E-state index contributed by atoms with van der Waals surface area (Å²) in [5.41, 5.74) is 1.04. The van der Waals surface area contributed by atoms with Crippen LogP contribution in [0.15, 0.2) is 41.1 Å². The Balaban J connectivity index is 1.64. The Morgan fingerprint density at radius 1 is 1.26 bits per heavy atom. The number of hydrogen-bond donors (Lipinski definition) is 1. The summed E-state index contributed by atoms with van der Waals surface area (Å²) < 4.78 is 5.48. The Kier molecular flexibility index (Phi) is 5.24. The van der Waals surface area contributed by atoms with Crippen LogP contribution in [-0.4, -0.2) is 19.1 Å². The predicted molar refractivity (Wildman–Crippen MR) is 78.0 cm³/mol. The highest BCUT2D eigenvalue weighted by Crippen LogP contribution is 2.15. The molecule has 0 spiro atoms. The molecule has 0 saturated heterocycles. The fourth-order valence-corrected chi connectivity index (χ4v) is 2.33. The lowest BCUT2D eigenvalue weighted by Crippen LogP contribution is -2.29. The summed E-state index contributed by atoms with van der Waals surface area (Å²) in [5, 5.41) is 7.43. The molecule has 2 aromatic rings. The van der Waals surface area contributed by atoms with Crippen molar-refractivity contribution in [2.75, 3.05) is 13.2 Å². The van der Waals surface area contributed by atoms with Gasteiger partial charge < -0.3 is 10.1 Å². The van der Waals surface area contributed by atoms with Crippen molar-refractivity contribution in [3.8, 4) is 5.75 Å². The molecule has 3 nitrogen and oxygen atoms in total. The molecule has 0 aliphatic rings. The van der Waals surface area contributed by atoms with Crippen molar-refractivity contribution in [2.24, 2.45) is 0 Å². The normalized spacial score (nSPS) is 10.2. The maximum atomic E-state index is 11.6. The van der Waals surface area contributed by atoms with Crippen LogP contribution in [0.5, 0.6) is 5.75 Å². The minimum absolute atomic E-state index is 0.0121. The van der Waals surface area contributed by atoms with Crippen LogP contribution < -0.4 is 10.1 Å². The van der Waals surface area contributed by atoms with Gasteiger partial charge in [0.25, 0.3) is 0 Å². The molecule has 19 heavy (non-hydrogen) atoms. The number of amides is 1. The third-order valence-electron chi connectivity index (χ3n) is 2.45. The van der Waals surface area contributed by atoms with E-state index >= 15 is 0 Å². The first-order valence-corrected chi connectivity index (χ1v) is 7.22. The van der Waals surface area contributed by atoms with Crippen molar-refractivity contribution >= 4 is 28.8 Å². The van der Waals surface area contributed by atoms with Gasteiger partial charge in [0.15, 0.2) is 0 Å². The molecule has 1 amide bonds. The molecule has 1 aromatic heterocycles. The first-order chi connectivity index (χ1) is 9.24. The van der Waals surface area contributed by atoms with Crippen LogP contribution in [-0.2, 0) is 11.2 Å². The molecule has 0 atom stereocenters. The van der Waals surface area contributed by atoms with E-state index in [1.165, 1.54) is 0 Å². The van der Waals surface area contributed by atoms with E-state index in [0.717, 1.165) is 11.3 Å². The van der Waals surface area contributed by atoms with E-state index in [1.807, 2.05) is 16.8 Å². The first-order valence-electron chi connectivity index (χ1n) is 5.90. The molecular formula is C14H14ClNO2S. The number of hydrogen-bond acceptors (Lipinski definition) is 3. The molecule has 0 fully saturated rings. The molecule has 0 saturated carbocycles. The summed E-state index contributed by atoms with van der Waals surface area (Å²) in [7, 11) is 0. The number of nitrogens with one attached hydrogen (secondary N) is 1. The van der Waals surface area contributed by atoms with Crippen LogP contribution >= 0.6 is 22.9 Å². The second kappa shape index (κ2) is 7.16. The predicted octanol–water partition coefficient (Wildman–Crippen LogP) is 3.14. The van der Waals surface area contributed by atoms with E-state index in [1.54, 1.807) is 35.6 Å². The highest BCUT2D eigenvalue weighted by atomic mass is 35.5. The molecule has 0 bridgehead atoms. The summed E-state index contributed by atoms with van der Waals surface area (Å²) >= 11 is 7.36. The molecule has 100 valence electrons. The number of carbonyl (C=O) groups is 1. The third-order valence-corrected chi connectivity index (χ3v) is 3.44. The largest absolute Gasteiger partial charge is 0.492 e. The number of carbonyl (C=O) groups excluding carboxylic acids is 1. The van der Waals surface area contributed by atoms with Gasteiger partial charge >= 0.3 is 0 Å². The second-order valence-electron chi connectivity index (χ2n) is 3.96. The van der Waals surface area contributed by atoms with Crippen molar-refractivity contribution in [3.05, 3.63) is 51.7 Å². The van der Waals surface area contributed by atoms with Gasteiger partial charge in [0, 0.05) is 5.02 Å². The number of rotatable bonds is 6. The van der Waals surface area contributed by atoms with Gasteiger partial charge in [-0.1, -0.05) is 11.6 Å². The zero-order valence-electron chi connectivity index (χ0n) is 10.3. The maximum Gasteiger partial charge on any atom is 0.224 e. The minimum Gasteiger partial charge on any atom is -0.492 e. The Morgan fingerprint density at radius 2 is 2.05 bits per heavy atom. The fourth-order valence-electron chi connectivity index (χ4n) is 1.53. The highest BCUT2D eigenvalue weighted by Gasteiger charge is 2.02. The molecule has 1 aromatic carbocycles. The van der Waals surface area contributed by atoms with Crippen LogP contribution in [0.4, 0.5) is 0 Å². The van der Waals surface area contributed by atoms with Crippen molar-refractivity contribution in [3.63, 3.8) is 0 Å². The van der Waals surface area contributed by atoms with Crippen molar-refractivity contribution in [1.82, 2.24) is 5.32 Å². The van der Waals surface area contributed by atoms with Gasteiger partial charge in [-0.3, -0.25) is 4.79 Å². The van der Waals surface area contributed by atoms with E-state index < -0.39 is 0 Å². The Morgan fingerprint density at radius 3 is 2.74 bits per heavy atom. The Labute approximate surface area is 121 Å². The maximum absolute atomic E-state index is 11.6. The van der Waals surface area contributed by atoms with E-state index in [-0.39, 0.29) is 5.91 Å². The molecule has 0 radical (unpaired) electrons. The van der Waals surface area contributed by atoms with Gasteiger partial charge in [0.2, 0.25) is 5.91 Å². The topological polar surface area (TPSA) is 38.3 Å². The molecule has 2 rings (SSSR count). The Bertz CT molecular complexity index is 511. The molecule has 0 aliphatic heterocycles. The van der Waals surface area contributed by atoms with Gasteiger partial charge in [-0.25, -0.2) is 0 Å². The quantitative estimate of drug-likeness (QED) is 0.832. The standard InChI is InChI=1S/C14H14ClNO2S/c15-12-1-3-13(4-2-12)18-7-6-16-14(17)9-11-5-8-19-10-11/h1-5,8,10H,6-7,9H2,(H,16,17). The first kappa shape index (κ1) is 13.9. The van der Waals surface area contributed by atoms with Gasteiger partial charge in [-0.05, 0) is 46.7 Å². The zero-order valence-corrected chi connectivity index (χ0v) is 11.8. The van der Waals surface area contributed by atoms with E-state index in [0.29, 0.717) is 24.6 Å². The second-order valence-corrected chi connectivity index (χ2v) is 5.18. The zero-order chi connectivity index (χ0) is 13.5. The van der Waals surface area contributed by atoms with Crippen LogP contribution in [0.25, 0.3) is 0 Å². The average Bonchev–Trinajstić information content (AvgIpc) is 2.89. The van der Waals surface area contributed by atoms with Crippen LogP contribution in [0, 0.1) is 0 Å². The molecule has 1 N–H and O–H groups in total. The average molecular weight is 296 g/mol. The molecule has 0 unspecified atom stereocenters. The fraction of sp³-hybridized carbons (Fsp3) is 0.214. The summed E-state index contributed by atoms with van der Waals surface area (Å²) in [4.78, 5) is 11.6. The summed E-state index contributed by atoms with van der Waals surface area (Å²) in [6.45, 7) is 0.933. The van der Waals surface area contributed by atoms with E-state index in [9.17, 15) is 4.79 Å². The SMILES string of the molecule is O=C(Cc1ccsc1)NCCOc1ccc(Cl)cc1. The minimum atomic E-state index is 0.0121. The highest BCUT2D eigenvalue weighted by molar-refractivity contribution is 7.07. The number of benzene rings is 1. The summed E-state index contributed by atoms with van der Waals surface area (Å²) in [5.74, 6) is 0.759. The molecular weight excluding hydrogens is 282 g/mol. The summed E-state index contributed by atoms with van der Waals surface area (Å²) in [6, 6.07) is 9.09. The number of halogens is 1. The van der Waals surface area contributed by atoms with Gasteiger partial charge in [-0.2, -0.15) is 11.3 Å². The lowest BCUT2D eigenvalue weighted by Gasteiger charge is -2.07. The number of ether oxygens (including phenoxy) is 1. The smallest absolute Gasteiger partial charge is 0.224 e. The third kappa shape index (κ3) is 4.93. The lowest BCUT2D eigenvalue weighted by atomic mass is 10.2. The van der Waals surface area contributed by atoms with Crippen molar-refractivity contribution < 1.29 is 9.53 Å².